The predicted octanol–water partition coefficient (Wildman–Crippen LogP) is 2.41. The van der Waals surface area contributed by atoms with E-state index in [1.165, 1.54) is 6.07 Å². The van der Waals surface area contributed by atoms with Crippen LogP contribution in [-0.4, -0.2) is 37.5 Å². The van der Waals surface area contributed by atoms with Gasteiger partial charge in [0.2, 0.25) is 0 Å². The molecular weight excluding hydrogens is 281 g/mol. The van der Waals surface area contributed by atoms with Crippen molar-refractivity contribution in [2.75, 3.05) is 19.6 Å². The van der Waals surface area contributed by atoms with Gasteiger partial charge in [-0.1, -0.05) is 25.1 Å². The summed E-state index contributed by atoms with van der Waals surface area (Å²) in [6.45, 7) is 4.97. The molecule has 0 bridgehead atoms. The molecule has 1 saturated heterocycles. The second-order valence-corrected chi connectivity index (χ2v) is 6.71. The van der Waals surface area contributed by atoms with Crippen molar-refractivity contribution in [3.8, 4) is 0 Å². The van der Waals surface area contributed by atoms with Gasteiger partial charge in [-0.2, -0.15) is 8.42 Å². The molecule has 0 spiro atoms. The van der Waals surface area contributed by atoms with Crippen LogP contribution in [0.3, 0.4) is 0 Å². The van der Waals surface area contributed by atoms with Crippen molar-refractivity contribution in [2.45, 2.75) is 31.4 Å². The third-order valence-electron chi connectivity index (χ3n) is 3.92. The highest BCUT2D eigenvalue weighted by Crippen LogP contribution is 2.31. The molecule has 1 aromatic rings. The van der Waals surface area contributed by atoms with Gasteiger partial charge in [0.25, 0.3) is 10.1 Å². The minimum absolute atomic E-state index is 0.0444. The Morgan fingerprint density at radius 2 is 2.00 bits per heavy atom. The van der Waals surface area contributed by atoms with Gasteiger partial charge in [-0.25, -0.2) is 4.39 Å². The number of benzene rings is 1. The van der Waals surface area contributed by atoms with E-state index < -0.39 is 21.7 Å². The predicted molar refractivity (Wildman–Crippen MR) is 75.7 cm³/mol. The molecule has 2 rings (SSSR count). The molecule has 1 N–H and O–H groups in total. The van der Waals surface area contributed by atoms with Crippen LogP contribution in [0.5, 0.6) is 0 Å². The van der Waals surface area contributed by atoms with E-state index in [2.05, 4.69) is 11.8 Å². The minimum atomic E-state index is -4.21. The van der Waals surface area contributed by atoms with Crippen LogP contribution in [0.25, 0.3) is 0 Å². The summed E-state index contributed by atoms with van der Waals surface area (Å²) in [6, 6.07) is 4.79. The first-order valence-electron chi connectivity index (χ1n) is 6.85. The molecule has 0 atom stereocenters. The van der Waals surface area contributed by atoms with E-state index in [0.717, 1.165) is 32.5 Å². The lowest BCUT2D eigenvalue weighted by molar-refractivity contribution is 0.220. The third kappa shape index (κ3) is 3.77. The molecule has 1 aromatic carbocycles. The molecule has 112 valence electrons. The zero-order chi connectivity index (χ0) is 14.8. The van der Waals surface area contributed by atoms with Gasteiger partial charge >= 0.3 is 0 Å². The number of hydrogen-bond donors (Lipinski definition) is 1. The molecule has 0 radical (unpaired) electrons. The lowest BCUT2D eigenvalue weighted by atomic mass is 9.88. The molecule has 4 nitrogen and oxygen atoms in total. The van der Waals surface area contributed by atoms with Gasteiger partial charge in [-0.05, 0) is 44.0 Å². The van der Waals surface area contributed by atoms with Crippen LogP contribution in [0.1, 0.15) is 36.8 Å². The Kier molecular flexibility index (Phi) is 4.78. The number of piperidine rings is 1. The van der Waals surface area contributed by atoms with Crippen LogP contribution < -0.4 is 0 Å². The number of rotatable bonds is 4. The van der Waals surface area contributed by atoms with Gasteiger partial charge in [0.1, 0.15) is 11.6 Å². The number of halogens is 1. The second kappa shape index (κ2) is 6.20. The molecule has 1 fully saturated rings. The Balaban J connectivity index is 2.19. The van der Waals surface area contributed by atoms with Crippen molar-refractivity contribution in [2.24, 2.45) is 0 Å². The van der Waals surface area contributed by atoms with Gasteiger partial charge in [0, 0.05) is 5.56 Å². The highest BCUT2D eigenvalue weighted by molar-refractivity contribution is 7.85. The van der Waals surface area contributed by atoms with Gasteiger partial charge in [-0.15, -0.1) is 0 Å². The smallest absolute Gasteiger partial charge is 0.269 e. The van der Waals surface area contributed by atoms with Crippen molar-refractivity contribution in [3.63, 3.8) is 0 Å². The maximum Gasteiger partial charge on any atom is 0.269 e. The van der Waals surface area contributed by atoms with E-state index in [0.29, 0.717) is 5.56 Å². The first kappa shape index (κ1) is 15.4. The maximum atomic E-state index is 14.4. The van der Waals surface area contributed by atoms with Crippen LogP contribution in [-0.2, 0) is 15.9 Å². The standard InChI is InChI=1S/C14H20FNO3S/c1-2-16-8-6-11(7-9-16)13-5-3-4-12(14(13)15)10-20(17,18)19/h3-5,11H,2,6-10H2,1H3,(H,17,18,19). The largest absolute Gasteiger partial charge is 0.304 e. The number of likely N-dealkylation sites (tertiary alicyclic amines) is 1. The summed E-state index contributed by atoms with van der Waals surface area (Å²) >= 11 is 0. The summed E-state index contributed by atoms with van der Waals surface area (Å²) in [7, 11) is -4.21. The first-order chi connectivity index (χ1) is 9.40. The molecule has 0 amide bonds. The molecule has 0 saturated carbocycles. The van der Waals surface area contributed by atoms with Crippen LogP contribution in [0.15, 0.2) is 18.2 Å². The summed E-state index contributed by atoms with van der Waals surface area (Å²) in [4.78, 5) is 2.32. The normalized spacial score (nSPS) is 18.4. The quantitative estimate of drug-likeness (QED) is 0.868. The lowest BCUT2D eigenvalue weighted by Crippen LogP contribution is -2.32. The van der Waals surface area contributed by atoms with Gasteiger partial charge in [0.05, 0.1) is 0 Å². The van der Waals surface area contributed by atoms with E-state index in [1.807, 2.05) is 0 Å². The van der Waals surface area contributed by atoms with Crippen LogP contribution in [0.2, 0.25) is 0 Å². The van der Waals surface area contributed by atoms with Crippen LogP contribution in [0.4, 0.5) is 4.39 Å². The molecule has 20 heavy (non-hydrogen) atoms. The average molecular weight is 301 g/mol. The van der Waals surface area contributed by atoms with Gasteiger partial charge in [-0.3, -0.25) is 4.55 Å². The Morgan fingerprint density at radius 3 is 2.55 bits per heavy atom. The van der Waals surface area contributed by atoms with Crippen molar-refractivity contribution in [3.05, 3.63) is 35.1 Å². The van der Waals surface area contributed by atoms with Gasteiger partial charge < -0.3 is 4.90 Å². The summed E-state index contributed by atoms with van der Waals surface area (Å²) in [6.07, 6.45) is 1.75. The third-order valence-corrected chi connectivity index (χ3v) is 4.60. The monoisotopic (exact) mass is 301 g/mol. The van der Waals surface area contributed by atoms with Crippen molar-refractivity contribution in [1.29, 1.82) is 0 Å². The average Bonchev–Trinajstić information content (AvgIpc) is 2.40. The molecule has 6 heteroatoms. The number of hydrogen-bond acceptors (Lipinski definition) is 3. The summed E-state index contributed by atoms with van der Waals surface area (Å²) in [5.41, 5.74) is 0.616. The fourth-order valence-corrected chi connectivity index (χ4v) is 3.40. The highest BCUT2D eigenvalue weighted by Gasteiger charge is 2.24. The zero-order valence-electron chi connectivity index (χ0n) is 11.5. The topological polar surface area (TPSA) is 57.6 Å². The Hall–Kier alpha value is -0.980. The Bertz CT molecular complexity index is 566. The summed E-state index contributed by atoms with van der Waals surface area (Å²) in [5.74, 6) is -1.03. The molecule has 1 aliphatic heterocycles. The molecular formula is C14H20FNO3S. The lowest BCUT2D eigenvalue weighted by Gasteiger charge is -2.31. The van der Waals surface area contributed by atoms with Crippen LogP contribution >= 0.6 is 0 Å². The van der Waals surface area contributed by atoms with Gasteiger partial charge in [0.15, 0.2) is 0 Å². The minimum Gasteiger partial charge on any atom is -0.304 e. The first-order valence-corrected chi connectivity index (χ1v) is 8.46. The molecule has 0 unspecified atom stereocenters. The molecule has 1 heterocycles. The maximum absolute atomic E-state index is 14.4. The molecule has 1 aliphatic rings. The van der Waals surface area contributed by atoms with Crippen molar-refractivity contribution in [1.82, 2.24) is 4.90 Å². The Labute approximate surface area is 119 Å². The molecule has 0 aliphatic carbocycles. The van der Waals surface area contributed by atoms with Crippen molar-refractivity contribution < 1.29 is 17.4 Å². The molecule has 0 aromatic heterocycles. The van der Waals surface area contributed by atoms with E-state index in [1.54, 1.807) is 12.1 Å². The van der Waals surface area contributed by atoms with E-state index in [9.17, 15) is 12.8 Å². The fourth-order valence-electron chi connectivity index (χ4n) is 2.78. The van der Waals surface area contributed by atoms with E-state index >= 15 is 0 Å². The number of nitrogens with zero attached hydrogens (tertiary/aromatic N) is 1. The fraction of sp³-hybridized carbons (Fsp3) is 0.571. The van der Waals surface area contributed by atoms with Crippen molar-refractivity contribution >= 4 is 10.1 Å². The van der Waals surface area contributed by atoms with E-state index in [-0.39, 0.29) is 11.5 Å². The Morgan fingerprint density at radius 1 is 1.35 bits per heavy atom. The SMILES string of the molecule is CCN1CCC(c2cccc(CS(=O)(=O)O)c2F)CC1. The summed E-state index contributed by atoms with van der Waals surface area (Å²) in [5, 5.41) is 0. The van der Waals surface area contributed by atoms with Crippen LogP contribution in [0, 0.1) is 5.82 Å². The summed E-state index contributed by atoms with van der Waals surface area (Å²) < 4.78 is 45.0. The zero-order valence-corrected chi connectivity index (χ0v) is 12.4. The highest BCUT2D eigenvalue weighted by atomic mass is 32.2. The van der Waals surface area contributed by atoms with E-state index in [4.69, 9.17) is 4.55 Å². The second-order valence-electron chi connectivity index (χ2n) is 5.26.